The Balaban J connectivity index is 1.30. The number of nitrogens with zero attached hydrogens (tertiary/aromatic N) is 3. The van der Waals surface area contributed by atoms with E-state index in [1.54, 1.807) is 0 Å². The Bertz CT molecular complexity index is 1150. The molecular formula is C24H26F6N4O. The van der Waals surface area contributed by atoms with Crippen LogP contribution in [-0.4, -0.2) is 53.9 Å². The first-order valence-electron chi connectivity index (χ1n) is 12.6. The van der Waals surface area contributed by atoms with Crippen molar-refractivity contribution in [3.8, 4) is 11.3 Å². The number of hydrogen-bond donors (Lipinski definition) is 1. The van der Waals surface area contributed by atoms with Gasteiger partial charge in [0.25, 0.3) is 0 Å². The monoisotopic (exact) mass is 502 g/mol. The van der Waals surface area contributed by atoms with Crippen molar-refractivity contribution in [1.82, 2.24) is 15.1 Å². The molecule has 35 heavy (non-hydrogen) atoms. The molecule has 0 amide bonds. The lowest BCUT2D eigenvalue weighted by atomic mass is 10.00. The molecule has 5 rings (SSSR count). The van der Waals surface area contributed by atoms with Crippen molar-refractivity contribution >= 4 is 5.82 Å². The lowest BCUT2D eigenvalue weighted by Gasteiger charge is -2.28. The molecule has 2 aliphatic heterocycles. The largest absolute Gasteiger partial charge is 0.420 e. The summed E-state index contributed by atoms with van der Waals surface area (Å²) in [5, 5.41) is 10.1. The average molecular weight is 502 g/mol. The molecule has 3 fully saturated rings. The molecule has 3 heterocycles. The van der Waals surface area contributed by atoms with E-state index in [1.165, 1.54) is 0 Å². The Morgan fingerprint density at radius 3 is 2.29 bits per heavy atom. The zero-order valence-electron chi connectivity index (χ0n) is 20.7. The summed E-state index contributed by atoms with van der Waals surface area (Å²) in [6.07, 6.45) is -2.45. The minimum Gasteiger partial charge on any atom is -0.381 e. The number of benzene rings is 1. The molecule has 1 saturated carbocycles. The smallest absolute Gasteiger partial charge is 0.381 e. The number of halogens is 6. The predicted molar refractivity (Wildman–Crippen MR) is 116 cm³/mol. The molecule has 0 bridgehead atoms. The van der Waals surface area contributed by atoms with Gasteiger partial charge in [0, 0.05) is 53.2 Å². The number of likely N-dealkylation sites (tertiary alicyclic amines) is 1. The number of nitrogens with one attached hydrogen (secondary N) is 1. The highest BCUT2D eigenvalue weighted by Gasteiger charge is 2.43. The van der Waals surface area contributed by atoms with Crippen molar-refractivity contribution in [1.29, 1.82) is 0 Å². The quantitative estimate of drug-likeness (QED) is 0.454. The highest BCUT2D eigenvalue weighted by molar-refractivity contribution is 5.63. The van der Waals surface area contributed by atoms with Crippen LogP contribution < -0.4 is 5.32 Å². The third kappa shape index (κ3) is 5.25. The Kier molecular flexibility index (Phi) is 5.97. The molecule has 1 aromatic carbocycles. The zero-order chi connectivity index (χ0) is 26.5. The molecule has 3 atom stereocenters. The summed E-state index contributed by atoms with van der Waals surface area (Å²) in [7, 11) is 0. The molecule has 1 aliphatic carbocycles. The first-order valence-corrected chi connectivity index (χ1v) is 11.6. The minimum absolute atomic E-state index is 0.114. The Labute approximate surface area is 201 Å². The van der Waals surface area contributed by atoms with Gasteiger partial charge in [0.15, 0.2) is 17.5 Å². The second-order valence-electron chi connectivity index (χ2n) is 9.49. The van der Waals surface area contributed by atoms with Gasteiger partial charge in [0.05, 0.1) is 5.69 Å². The van der Waals surface area contributed by atoms with Crippen LogP contribution in [0.2, 0.25) is 0 Å². The van der Waals surface area contributed by atoms with Crippen LogP contribution in [0.1, 0.15) is 34.0 Å². The number of rotatable bonds is 5. The Morgan fingerprint density at radius 2 is 1.63 bits per heavy atom. The van der Waals surface area contributed by atoms with E-state index in [0.29, 0.717) is 64.1 Å². The van der Waals surface area contributed by atoms with E-state index in [0.717, 1.165) is 0 Å². The fourth-order valence-corrected chi connectivity index (χ4v) is 5.37. The summed E-state index contributed by atoms with van der Waals surface area (Å²) < 4.78 is 105. The SMILES string of the molecule is [2H]C([2H])(C1CCOCC1)N1C[C@H]2CC(Nc3nnc(-c4cc(F)c(F)cc4F)cc3C(F)(F)F)C[C@H]2C1. The molecule has 5 nitrogen and oxygen atoms in total. The molecule has 3 aliphatic rings. The first kappa shape index (κ1) is 21.8. The highest BCUT2D eigenvalue weighted by Crippen LogP contribution is 2.42. The molecule has 1 N–H and O–H groups in total. The van der Waals surface area contributed by atoms with Gasteiger partial charge < -0.3 is 15.0 Å². The van der Waals surface area contributed by atoms with Crippen LogP contribution in [0.5, 0.6) is 0 Å². The minimum atomic E-state index is -4.85. The van der Waals surface area contributed by atoms with E-state index >= 15 is 0 Å². The topological polar surface area (TPSA) is 50.3 Å². The molecule has 0 radical (unpaired) electrons. The van der Waals surface area contributed by atoms with Crippen LogP contribution >= 0.6 is 0 Å². The third-order valence-corrected chi connectivity index (χ3v) is 7.06. The van der Waals surface area contributed by atoms with Gasteiger partial charge >= 0.3 is 6.18 Å². The number of alkyl halides is 3. The van der Waals surface area contributed by atoms with Crippen molar-refractivity contribution in [3.63, 3.8) is 0 Å². The summed E-state index contributed by atoms with van der Waals surface area (Å²) in [6, 6.07) is 0.944. The zero-order valence-corrected chi connectivity index (χ0v) is 18.7. The van der Waals surface area contributed by atoms with E-state index < -0.39 is 52.8 Å². The second-order valence-corrected chi connectivity index (χ2v) is 9.49. The van der Waals surface area contributed by atoms with E-state index in [9.17, 15) is 26.3 Å². The normalized spacial score (nSPS) is 27.0. The number of ether oxygens (including phenoxy) is 1. The maximum atomic E-state index is 14.1. The molecule has 190 valence electrons. The van der Waals surface area contributed by atoms with Crippen molar-refractivity contribution in [2.75, 3.05) is 38.1 Å². The van der Waals surface area contributed by atoms with Gasteiger partial charge in [-0.1, -0.05) is 0 Å². The van der Waals surface area contributed by atoms with Crippen LogP contribution in [0, 0.1) is 35.2 Å². The van der Waals surface area contributed by atoms with Crippen LogP contribution in [-0.2, 0) is 10.9 Å². The molecule has 2 aromatic rings. The maximum absolute atomic E-state index is 14.1. The van der Waals surface area contributed by atoms with Crippen LogP contribution in [0.4, 0.5) is 32.2 Å². The summed E-state index contributed by atoms with van der Waals surface area (Å²) in [5.74, 6) is -4.50. The Morgan fingerprint density at radius 1 is 0.971 bits per heavy atom. The first-order chi connectivity index (χ1) is 17.4. The second kappa shape index (κ2) is 9.57. The van der Waals surface area contributed by atoms with Crippen molar-refractivity contribution < 1.29 is 33.8 Å². The maximum Gasteiger partial charge on any atom is 0.420 e. The van der Waals surface area contributed by atoms with E-state index in [1.807, 2.05) is 4.90 Å². The summed E-state index contributed by atoms with van der Waals surface area (Å²) in [6.45, 7) is 0.678. The fraction of sp³-hybridized carbons (Fsp3) is 0.583. The molecular weight excluding hydrogens is 474 g/mol. The van der Waals surface area contributed by atoms with Crippen LogP contribution in [0.15, 0.2) is 18.2 Å². The standard InChI is InChI=1S/C24H26F6N4O/c25-19-9-21(27)20(26)7-17(19)22-8-18(24(28,29)30)23(33-32-22)31-16-5-14-11-34(12-15(14)6-16)10-13-1-3-35-4-2-13/h7-9,13-16H,1-6,10-12H2,(H,31,33)/t14-,15+,16?/i10D2. The highest BCUT2D eigenvalue weighted by atomic mass is 19.4. The van der Waals surface area contributed by atoms with Gasteiger partial charge in [-0.05, 0) is 55.6 Å². The fourth-order valence-electron chi connectivity index (χ4n) is 5.37. The summed E-state index contributed by atoms with van der Waals surface area (Å²) >= 11 is 0. The summed E-state index contributed by atoms with van der Waals surface area (Å²) in [4.78, 5) is 1.86. The van der Waals surface area contributed by atoms with Crippen LogP contribution in [0.25, 0.3) is 11.3 Å². The van der Waals surface area contributed by atoms with Crippen molar-refractivity contribution in [2.24, 2.45) is 17.8 Å². The predicted octanol–water partition coefficient (Wildman–Crippen LogP) is 5.13. The van der Waals surface area contributed by atoms with E-state index in [2.05, 4.69) is 15.5 Å². The summed E-state index contributed by atoms with van der Waals surface area (Å²) in [5.41, 5.74) is -2.38. The van der Waals surface area contributed by atoms with Gasteiger partial charge in [-0.15, -0.1) is 10.2 Å². The van der Waals surface area contributed by atoms with Crippen molar-refractivity contribution in [3.05, 3.63) is 41.2 Å². The Hall–Kier alpha value is -2.40. The van der Waals surface area contributed by atoms with Crippen LogP contribution in [0.3, 0.4) is 0 Å². The lowest BCUT2D eigenvalue weighted by Crippen LogP contribution is -2.32. The van der Waals surface area contributed by atoms with Gasteiger partial charge in [0.2, 0.25) is 0 Å². The molecule has 1 aromatic heterocycles. The van der Waals surface area contributed by atoms with Gasteiger partial charge in [-0.2, -0.15) is 13.2 Å². The molecule has 1 unspecified atom stereocenters. The van der Waals surface area contributed by atoms with Gasteiger partial charge in [-0.25, -0.2) is 13.2 Å². The van der Waals surface area contributed by atoms with Gasteiger partial charge in [0.1, 0.15) is 11.4 Å². The van der Waals surface area contributed by atoms with E-state index in [4.69, 9.17) is 7.48 Å². The number of hydrogen-bond acceptors (Lipinski definition) is 5. The van der Waals surface area contributed by atoms with Crippen molar-refractivity contribution in [2.45, 2.75) is 37.9 Å². The number of fused-ring (bicyclic) bond motifs is 1. The average Bonchev–Trinajstić information content (AvgIpc) is 3.41. The third-order valence-electron chi connectivity index (χ3n) is 7.06. The molecule has 0 spiro atoms. The number of aromatic nitrogens is 2. The van der Waals surface area contributed by atoms with Gasteiger partial charge in [-0.3, -0.25) is 0 Å². The molecule has 2 saturated heterocycles. The molecule has 11 heteroatoms. The lowest BCUT2D eigenvalue weighted by molar-refractivity contribution is -0.137. The van der Waals surface area contributed by atoms with E-state index in [-0.39, 0.29) is 29.9 Å². The number of anilines is 1.